The zero-order valence-electron chi connectivity index (χ0n) is 11.4. The SMILES string of the molecule is CCN(C1CC1)S(=O)(=O)c1c(CN)sc2ccccc12. The van der Waals surface area contributed by atoms with E-state index < -0.39 is 10.0 Å². The van der Waals surface area contributed by atoms with Gasteiger partial charge in [-0.1, -0.05) is 25.1 Å². The average molecular weight is 310 g/mol. The van der Waals surface area contributed by atoms with Gasteiger partial charge in [-0.3, -0.25) is 0 Å². The minimum atomic E-state index is -3.45. The standard InChI is InChI=1S/C14H18N2O2S2/c1-2-16(10-7-8-10)20(17,18)14-11-5-3-4-6-12(11)19-13(14)9-15/h3-6,10H,2,7-9,15H2,1H3. The number of benzene rings is 1. The summed E-state index contributed by atoms with van der Waals surface area (Å²) in [5, 5.41) is 0.803. The van der Waals surface area contributed by atoms with Crippen LogP contribution in [0.4, 0.5) is 0 Å². The van der Waals surface area contributed by atoms with Crippen molar-refractivity contribution in [2.24, 2.45) is 5.73 Å². The van der Waals surface area contributed by atoms with Crippen molar-refractivity contribution in [1.82, 2.24) is 4.31 Å². The summed E-state index contributed by atoms with van der Waals surface area (Å²) in [6.07, 6.45) is 1.93. The molecule has 0 amide bonds. The smallest absolute Gasteiger partial charge is 0.245 e. The van der Waals surface area contributed by atoms with E-state index in [0.29, 0.717) is 11.4 Å². The number of thiophene rings is 1. The Hall–Kier alpha value is -0.950. The summed E-state index contributed by atoms with van der Waals surface area (Å²) in [7, 11) is -3.45. The lowest BCUT2D eigenvalue weighted by molar-refractivity contribution is 0.421. The maximum absolute atomic E-state index is 13.0. The van der Waals surface area contributed by atoms with Crippen LogP contribution < -0.4 is 5.73 Å². The molecule has 0 atom stereocenters. The van der Waals surface area contributed by atoms with Crippen LogP contribution in [0.15, 0.2) is 29.2 Å². The largest absolute Gasteiger partial charge is 0.326 e. The average Bonchev–Trinajstić information content (AvgIpc) is 3.17. The molecule has 2 aromatic rings. The number of sulfonamides is 1. The molecule has 0 unspecified atom stereocenters. The third-order valence-corrected chi connectivity index (χ3v) is 7.11. The highest BCUT2D eigenvalue weighted by Gasteiger charge is 2.39. The molecule has 1 aliphatic rings. The molecule has 1 saturated carbocycles. The van der Waals surface area contributed by atoms with Gasteiger partial charge in [0.1, 0.15) is 4.90 Å². The zero-order valence-corrected chi connectivity index (χ0v) is 13.0. The van der Waals surface area contributed by atoms with Gasteiger partial charge in [0.05, 0.1) is 0 Å². The lowest BCUT2D eigenvalue weighted by Gasteiger charge is -2.20. The van der Waals surface area contributed by atoms with Gasteiger partial charge in [0.25, 0.3) is 0 Å². The van der Waals surface area contributed by atoms with Crippen molar-refractivity contribution in [3.8, 4) is 0 Å². The lowest BCUT2D eigenvalue weighted by Crippen LogP contribution is -2.33. The van der Waals surface area contributed by atoms with E-state index in [4.69, 9.17) is 5.73 Å². The maximum atomic E-state index is 13.0. The van der Waals surface area contributed by atoms with Crippen LogP contribution >= 0.6 is 11.3 Å². The van der Waals surface area contributed by atoms with Gasteiger partial charge in [0, 0.05) is 34.1 Å². The molecule has 6 heteroatoms. The van der Waals surface area contributed by atoms with Crippen LogP contribution in [0.5, 0.6) is 0 Å². The fraction of sp³-hybridized carbons (Fsp3) is 0.429. The first-order valence-corrected chi connectivity index (χ1v) is 9.07. The van der Waals surface area contributed by atoms with Crippen LogP contribution in [-0.2, 0) is 16.6 Å². The van der Waals surface area contributed by atoms with E-state index in [1.807, 2.05) is 31.2 Å². The molecule has 0 saturated heterocycles. The number of fused-ring (bicyclic) bond motifs is 1. The third-order valence-electron chi connectivity index (χ3n) is 3.64. The first-order chi connectivity index (χ1) is 9.59. The summed E-state index contributed by atoms with van der Waals surface area (Å²) >= 11 is 1.48. The molecule has 0 aliphatic heterocycles. The van der Waals surface area contributed by atoms with Crippen molar-refractivity contribution >= 4 is 31.4 Å². The summed E-state index contributed by atoms with van der Waals surface area (Å²) < 4.78 is 28.6. The number of nitrogens with two attached hydrogens (primary N) is 1. The molecule has 0 bridgehead atoms. The monoisotopic (exact) mass is 310 g/mol. The Morgan fingerprint density at radius 2 is 2.05 bits per heavy atom. The first-order valence-electron chi connectivity index (χ1n) is 6.82. The quantitative estimate of drug-likeness (QED) is 0.923. The van der Waals surface area contributed by atoms with Crippen LogP contribution in [0.25, 0.3) is 10.1 Å². The fourth-order valence-electron chi connectivity index (χ4n) is 2.59. The van der Waals surface area contributed by atoms with Gasteiger partial charge < -0.3 is 5.73 Å². The van der Waals surface area contributed by atoms with Crippen LogP contribution in [-0.4, -0.2) is 25.3 Å². The number of nitrogens with zero attached hydrogens (tertiary/aromatic N) is 1. The Balaban J connectivity index is 2.21. The first kappa shape index (κ1) is 14.0. The Morgan fingerprint density at radius 3 is 2.65 bits per heavy atom. The zero-order chi connectivity index (χ0) is 14.3. The minimum Gasteiger partial charge on any atom is -0.326 e. The molecule has 0 radical (unpaired) electrons. The van der Waals surface area contributed by atoms with Gasteiger partial charge >= 0.3 is 0 Å². The number of rotatable bonds is 5. The van der Waals surface area contributed by atoms with E-state index in [1.165, 1.54) is 11.3 Å². The predicted molar refractivity (Wildman–Crippen MR) is 82.3 cm³/mol. The van der Waals surface area contributed by atoms with Gasteiger partial charge in [-0.15, -0.1) is 11.3 Å². The molecule has 4 nitrogen and oxygen atoms in total. The fourth-order valence-corrected chi connectivity index (χ4v) is 6.08. The van der Waals surface area contributed by atoms with Gasteiger partial charge in [-0.05, 0) is 18.9 Å². The molecule has 108 valence electrons. The highest BCUT2D eigenvalue weighted by atomic mass is 32.2. The molecular formula is C14H18N2O2S2. The number of hydrogen-bond acceptors (Lipinski definition) is 4. The van der Waals surface area contributed by atoms with E-state index in [9.17, 15) is 8.42 Å². The Labute approximate surface area is 123 Å². The second kappa shape index (κ2) is 5.11. The topological polar surface area (TPSA) is 63.4 Å². The van der Waals surface area contributed by atoms with E-state index in [2.05, 4.69) is 0 Å². The summed E-state index contributed by atoms with van der Waals surface area (Å²) in [6, 6.07) is 7.80. The Morgan fingerprint density at radius 1 is 1.35 bits per heavy atom. The van der Waals surface area contributed by atoms with E-state index in [0.717, 1.165) is 27.8 Å². The van der Waals surface area contributed by atoms with Crippen LogP contribution in [0, 0.1) is 0 Å². The van der Waals surface area contributed by atoms with Crippen molar-refractivity contribution in [2.45, 2.75) is 37.2 Å². The van der Waals surface area contributed by atoms with Gasteiger partial charge in [-0.25, -0.2) is 8.42 Å². The Bertz CT molecular complexity index is 733. The van der Waals surface area contributed by atoms with Crippen LogP contribution in [0.3, 0.4) is 0 Å². The van der Waals surface area contributed by atoms with Gasteiger partial charge in [0.2, 0.25) is 10.0 Å². The summed E-state index contributed by atoms with van der Waals surface area (Å²) in [6.45, 7) is 2.67. The molecule has 2 N–H and O–H groups in total. The third kappa shape index (κ3) is 2.16. The van der Waals surface area contributed by atoms with E-state index >= 15 is 0 Å². The van der Waals surface area contributed by atoms with Crippen molar-refractivity contribution in [1.29, 1.82) is 0 Å². The molecule has 1 fully saturated rings. The summed E-state index contributed by atoms with van der Waals surface area (Å²) in [5.41, 5.74) is 5.77. The molecule has 1 aliphatic carbocycles. The normalized spacial score (nSPS) is 16.1. The van der Waals surface area contributed by atoms with Gasteiger partial charge in [-0.2, -0.15) is 4.31 Å². The van der Waals surface area contributed by atoms with E-state index in [-0.39, 0.29) is 12.6 Å². The van der Waals surface area contributed by atoms with Crippen LogP contribution in [0.2, 0.25) is 0 Å². The minimum absolute atomic E-state index is 0.175. The lowest BCUT2D eigenvalue weighted by atomic mass is 10.2. The Kier molecular flexibility index (Phi) is 3.58. The molecule has 1 heterocycles. The van der Waals surface area contributed by atoms with E-state index in [1.54, 1.807) is 4.31 Å². The molecular weight excluding hydrogens is 292 g/mol. The van der Waals surface area contributed by atoms with Crippen molar-refractivity contribution in [3.05, 3.63) is 29.1 Å². The molecule has 0 spiro atoms. The predicted octanol–water partition coefficient (Wildman–Crippen LogP) is 2.53. The second-order valence-electron chi connectivity index (χ2n) is 4.99. The molecule has 20 heavy (non-hydrogen) atoms. The molecule has 1 aromatic heterocycles. The van der Waals surface area contributed by atoms with Crippen molar-refractivity contribution in [3.63, 3.8) is 0 Å². The second-order valence-corrected chi connectivity index (χ2v) is 7.96. The van der Waals surface area contributed by atoms with Crippen molar-refractivity contribution in [2.75, 3.05) is 6.54 Å². The summed E-state index contributed by atoms with van der Waals surface area (Å²) in [5.74, 6) is 0. The van der Waals surface area contributed by atoms with Crippen LogP contribution in [0.1, 0.15) is 24.6 Å². The number of hydrogen-bond donors (Lipinski definition) is 1. The molecule has 3 rings (SSSR count). The van der Waals surface area contributed by atoms with Gasteiger partial charge in [0.15, 0.2) is 0 Å². The highest BCUT2D eigenvalue weighted by Crippen LogP contribution is 2.39. The maximum Gasteiger partial charge on any atom is 0.245 e. The van der Waals surface area contributed by atoms with Crippen molar-refractivity contribution < 1.29 is 8.42 Å². The molecule has 1 aromatic carbocycles. The summed E-state index contributed by atoms with van der Waals surface area (Å²) in [4.78, 5) is 1.18. The highest BCUT2D eigenvalue weighted by molar-refractivity contribution is 7.89.